The second-order valence-electron chi connectivity index (χ2n) is 6.75. The Labute approximate surface area is 165 Å². The summed E-state index contributed by atoms with van der Waals surface area (Å²) in [6, 6.07) is 7.84. The van der Waals surface area contributed by atoms with Crippen molar-refractivity contribution in [3.05, 3.63) is 69.2 Å². The molecule has 0 spiro atoms. The van der Waals surface area contributed by atoms with Crippen molar-refractivity contribution in [2.75, 3.05) is 11.9 Å². The molecule has 3 heterocycles. The summed E-state index contributed by atoms with van der Waals surface area (Å²) in [6.07, 6.45) is 1.98. The van der Waals surface area contributed by atoms with Crippen LogP contribution in [-0.4, -0.2) is 32.8 Å². The first-order valence-corrected chi connectivity index (χ1v) is 9.71. The molecule has 3 aromatic rings. The number of amides is 2. The fraction of sp³-hybridized carbons (Fsp3) is 0.250. The zero-order chi connectivity index (χ0) is 19.8. The quantitative estimate of drug-likeness (QED) is 0.733. The maximum absolute atomic E-state index is 14.1. The number of aryl methyl sites for hydroxylation is 2. The van der Waals surface area contributed by atoms with E-state index in [0.29, 0.717) is 30.2 Å². The third-order valence-corrected chi connectivity index (χ3v) is 5.76. The number of hydrogen-bond acceptors (Lipinski definition) is 4. The van der Waals surface area contributed by atoms with Crippen LogP contribution in [0.15, 0.2) is 36.5 Å². The summed E-state index contributed by atoms with van der Waals surface area (Å²) in [5, 5.41) is 3.46. The molecule has 0 aliphatic carbocycles. The van der Waals surface area contributed by atoms with Gasteiger partial charge in [-0.05, 0) is 44.2 Å². The number of halogens is 1. The minimum Gasteiger partial charge on any atom is -0.348 e. The van der Waals surface area contributed by atoms with Gasteiger partial charge in [0.2, 0.25) is 0 Å². The highest BCUT2D eigenvalue weighted by molar-refractivity contribution is 7.13. The Bertz CT molecular complexity index is 1070. The van der Waals surface area contributed by atoms with Gasteiger partial charge < -0.3 is 14.8 Å². The zero-order valence-electron chi connectivity index (χ0n) is 15.5. The lowest BCUT2D eigenvalue weighted by Crippen LogP contribution is -2.38. The maximum atomic E-state index is 14.1. The van der Waals surface area contributed by atoms with Crippen LogP contribution in [0.25, 0.3) is 0 Å². The van der Waals surface area contributed by atoms with Crippen molar-refractivity contribution in [1.82, 2.24) is 14.5 Å². The lowest BCUT2D eigenvalue weighted by atomic mass is 10.1. The van der Waals surface area contributed by atoms with E-state index in [1.54, 1.807) is 11.8 Å². The Balaban J connectivity index is 1.55. The van der Waals surface area contributed by atoms with Gasteiger partial charge in [0.25, 0.3) is 11.8 Å². The van der Waals surface area contributed by atoms with Gasteiger partial charge in [0, 0.05) is 36.2 Å². The van der Waals surface area contributed by atoms with Gasteiger partial charge in [0.1, 0.15) is 10.7 Å². The summed E-state index contributed by atoms with van der Waals surface area (Å²) >= 11 is 1.28. The highest BCUT2D eigenvalue weighted by atomic mass is 32.1. The van der Waals surface area contributed by atoms with Gasteiger partial charge in [0.15, 0.2) is 0 Å². The van der Waals surface area contributed by atoms with Gasteiger partial charge in [0.05, 0.1) is 17.2 Å². The van der Waals surface area contributed by atoms with Gasteiger partial charge in [-0.25, -0.2) is 9.37 Å². The lowest BCUT2D eigenvalue weighted by molar-refractivity contribution is 0.0710. The van der Waals surface area contributed by atoms with Crippen LogP contribution < -0.4 is 5.32 Å². The van der Waals surface area contributed by atoms with Crippen LogP contribution in [0, 0.1) is 19.7 Å². The molecule has 1 aliphatic rings. The summed E-state index contributed by atoms with van der Waals surface area (Å²) in [5.41, 5.74) is 2.14. The van der Waals surface area contributed by atoms with E-state index in [1.807, 2.05) is 25.3 Å². The molecule has 2 aromatic heterocycles. The van der Waals surface area contributed by atoms with Crippen LogP contribution >= 0.6 is 11.3 Å². The molecule has 0 fully saturated rings. The Morgan fingerprint density at radius 3 is 2.79 bits per heavy atom. The first kappa shape index (κ1) is 18.4. The number of benzene rings is 1. The highest BCUT2D eigenvalue weighted by Gasteiger charge is 2.23. The van der Waals surface area contributed by atoms with E-state index in [2.05, 4.69) is 14.9 Å². The summed E-state index contributed by atoms with van der Waals surface area (Å²) < 4.78 is 16.2. The average molecular weight is 398 g/mol. The van der Waals surface area contributed by atoms with Crippen LogP contribution in [0.3, 0.4) is 0 Å². The standard InChI is InChI=1S/C20H19FN4O2S/c1-12-18(28-13(2)22-12)19(26)23-16-9-14(8-15(21)10-16)20(27)25-7-6-24-5-3-4-17(24)11-25/h3-5,8-10H,6-7,11H2,1-2H3,(H,23,26). The molecular formula is C20H19FN4O2S. The van der Waals surface area contributed by atoms with Crippen LogP contribution in [0.4, 0.5) is 10.1 Å². The third-order valence-electron chi connectivity index (χ3n) is 4.69. The second-order valence-corrected chi connectivity index (χ2v) is 7.95. The predicted molar refractivity (Wildman–Crippen MR) is 105 cm³/mol. The van der Waals surface area contributed by atoms with Crippen molar-refractivity contribution >= 4 is 28.8 Å². The Morgan fingerprint density at radius 1 is 1.21 bits per heavy atom. The molecule has 0 bridgehead atoms. The van der Waals surface area contributed by atoms with Crippen molar-refractivity contribution in [2.45, 2.75) is 26.9 Å². The van der Waals surface area contributed by atoms with Crippen LogP contribution in [-0.2, 0) is 13.1 Å². The van der Waals surface area contributed by atoms with Crippen LogP contribution in [0.5, 0.6) is 0 Å². The third kappa shape index (κ3) is 3.55. The second kappa shape index (κ2) is 7.20. The Hall–Kier alpha value is -3.00. The Kier molecular flexibility index (Phi) is 4.72. The number of nitrogens with one attached hydrogen (secondary N) is 1. The summed E-state index contributed by atoms with van der Waals surface area (Å²) in [5.74, 6) is -1.19. The number of hydrogen-bond donors (Lipinski definition) is 1. The zero-order valence-corrected chi connectivity index (χ0v) is 16.3. The van der Waals surface area contributed by atoms with Crippen molar-refractivity contribution < 1.29 is 14.0 Å². The number of fused-ring (bicyclic) bond motifs is 1. The minimum absolute atomic E-state index is 0.215. The molecule has 0 atom stereocenters. The normalized spacial score (nSPS) is 13.3. The molecule has 4 rings (SSSR count). The molecule has 0 saturated carbocycles. The van der Waals surface area contributed by atoms with Gasteiger partial charge in [-0.15, -0.1) is 11.3 Å². The number of aromatic nitrogens is 2. The first-order valence-electron chi connectivity index (χ1n) is 8.90. The van der Waals surface area contributed by atoms with Crippen molar-refractivity contribution in [3.8, 4) is 0 Å². The van der Waals surface area contributed by atoms with E-state index in [1.165, 1.54) is 29.5 Å². The van der Waals surface area contributed by atoms with E-state index in [4.69, 9.17) is 0 Å². The maximum Gasteiger partial charge on any atom is 0.267 e. The van der Waals surface area contributed by atoms with E-state index in [-0.39, 0.29) is 23.1 Å². The highest BCUT2D eigenvalue weighted by Crippen LogP contribution is 2.22. The topological polar surface area (TPSA) is 67.2 Å². The molecule has 1 N–H and O–H groups in total. The number of thiazole rings is 1. The van der Waals surface area contributed by atoms with Gasteiger partial charge in [-0.3, -0.25) is 9.59 Å². The number of carbonyl (C=O) groups excluding carboxylic acids is 2. The van der Waals surface area contributed by atoms with Crippen LogP contribution in [0.1, 0.15) is 36.4 Å². The molecule has 1 aliphatic heterocycles. The van der Waals surface area contributed by atoms with Gasteiger partial charge >= 0.3 is 0 Å². The predicted octanol–water partition coefficient (Wildman–Crippen LogP) is 3.61. The van der Waals surface area contributed by atoms with Gasteiger partial charge in [-0.2, -0.15) is 0 Å². The Morgan fingerprint density at radius 2 is 2.04 bits per heavy atom. The molecule has 144 valence electrons. The molecule has 28 heavy (non-hydrogen) atoms. The van der Waals surface area contributed by atoms with E-state index in [0.717, 1.165) is 10.7 Å². The van der Waals surface area contributed by atoms with Crippen molar-refractivity contribution in [2.24, 2.45) is 0 Å². The number of carbonyl (C=O) groups is 2. The molecule has 0 unspecified atom stereocenters. The summed E-state index contributed by atoms with van der Waals surface area (Å²) in [6.45, 7) is 5.31. The number of nitrogens with zero attached hydrogens (tertiary/aromatic N) is 3. The summed E-state index contributed by atoms with van der Waals surface area (Å²) in [4.78, 5) is 31.8. The van der Waals surface area contributed by atoms with E-state index in [9.17, 15) is 14.0 Å². The monoisotopic (exact) mass is 398 g/mol. The van der Waals surface area contributed by atoms with E-state index >= 15 is 0 Å². The van der Waals surface area contributed by atoms with Crippen LogP contribution in [0.2, 0.25) is 0 Å². The molecule has 6 nitrogen and oxygen atoms in total. The fourth-order valence-corrected chi connectivity index (χ4v) is 4.20. The molecule has 1 aromatic carbocycles. The summed E-state index contributed by atoms with van der Waals surface area (Å²) in [7, 11) is 0. The molecular weight excluding hydrogens is 379 g/mol. The first-order chi connectivity index (χ1) is 13.4. The van der Waals surface area contributed by atoms with Crippen molar-refractivity contribution in [3.63, 3.8) is 0 Å². The SMILES string of the molecule is Cc1nc(C)c(C(=O)Nc2cc(F)cc(C(=O)N3CCn4cccc4C3)c2)s1. The van der Waals surface area contributed by atoms with Gasteiger partial charge in [-0.1, -0.05) is 0 Å². The fourth-order valence-electron chi connectivity index (χ4n) is 3.39. The lowest BCUT2D eigenvalue weighted by Gasteiger charge is -2.28. The number of rotatable bonds is 3. The molecule has 0 saturated heterocycles. The minimum atomic E-state index is -0.571. The smallest absolute Gasteiger partial charge is 0.267 e. The molecule has 8 heteroatoms. The van der Waals surface area contributed by atoms with E-state index < -0.39 is 5.82 Å². The van der Waals surface area contributed by atoms with Crippen molar-refractivity contribution in [1.29, 1.82) is 0 Å². The average Bonchev–Trinajstić information content (AvgIpc) is 3.25. The number of anilines is 1. The molecule has 0 radical (unpaired) electrons. The largest absolute Gasteiger partial charge is 0.348 e. The molecule has 2 amide bonds.